The molecule has 1 amide bonds. The number of benzene rings is 2. The minimum Gasteiger partial charge on any atom is -0.378 e. The van der Waals surface area contributed by atoms with E-state index in [0.717, 1.165) is 17.1 Å². The van der Waals surface area contributed by atoms with E-state index >= 15 is 0 Å². The maximum Gasteiger partial charge on any atom is 0.265 e. The van der Waals surface area contributed by atoms with Crippen LogP contribution in [0.1, 0.15) is 12.5 Å². The summed E-state index contributed by atoms with van der Waals surface area (Å²) in [7, 11) is 3.93. The Labute approximate surface area is 188 Å². The van der Waals surface area contributed by atoms with E-state index in [1.807, 2.05) is 73.6 Å². The third kappa shape index (κ3) is 3.64. The summed E-state index contributed by atoms with van der Waals surface area (Å²) in [6.07, 6.45) is 1.76. The highest BCUT2D eigenvalue weighted by atomic mass is 32.2. The first-order chi connectivity index (χ1) is 15.5. The maximum atomic E-state index is 13.2. The van der Waals surface area contributed by atoms with E-state index in [1.54, 1.807) is 15.4 Å². The molecule has 5 rings (SSSR count). The van der Waals surface area contributed by atoms with Gasteiger partial charge in [0.1, 0.15) is 5.39 Å². The molecular weight excluding hydrogens is 424 g/mol. The number of aromatic nitrogens is 4. The van der Waals surface area contributed by atoms with E-state index in [9.17, 15) is 9.59 Å². The van der Waals surface area contributed by atoms with Gasteiger partial charge in [-0.3, -0.25) is 14.2 Å². The van der Waals surface area contributed by atoms with E-state index in [4.69, 9.17) is 4.98 Å². The normalized spacial score (nSPS) is 15.0. The lowest BCUT2D eigenvalue weighted by Crippen LogP contribution is -2.27. The van der Waals surface area contributed by atoms with Crippen LogP contribution in [0.25, 0.3) is 16.7 Å². The summed E-state index contributed by atoms with van der Waals surface area (Å²) in [5, 5.41) is 8.37. The van der Waals surface area contributed by atoms with Gasteiger partial charge in [0, 0.05) is 37.6 Å². The Bertz CT molecular complexity index is 1340. The highest BCUT2D eigenvalue weighted by molar-refractivity contribution is 7.99. The van der Waals surface area contributed by atoms with Crippen LogP contribution in [0.15, 0.2) is 70.7 Å². The Kier molecular flexibility index (Phi) is 5.18. The van der Waals surface area contributed by atoms with Gasteiger partial charge in [-0.15, -0.1) is 0 Å². The van der Waals surface area contributed by atoms with Crippen molar-refractivity contribution in [3.63, 3.8) is 0 Å². The third-order valence-corrected chi connectivity index (χ3v) is 6.56. The zero-order chi connectivity index (χ0) is 22.2. The molecule has 2 aromatic carbocycles. The van der Waals surface area contributed by atoms with Crippen LogP contribution in [-0.4, -0.2) is 45.1 Å². The molecule has 1 atom stereocenters. The Balaban J connectivity index is 1.39. The van der Waals surface area contributed by atoms with E-state index in [2.05, 4.69) is 10.4 Å². The number of carbonyl (C=O) groups is 1. The fourth-order valence-electron chi connectivity index (χ4n) is 3.81. The number of nitrogens with zero attached hydrogens (tertiary/aromatic N) is 5. The molecule has 2 aromatic heterocycles. The van der Waals surface area contributed by atoms with Gasteiger partial charge < -0.3 is 10.2 Å². The molecule has 9 heteroatoms. The molecule has 32 heavy (non-hydrogen) atoms. The first-order valence-corrected chi connectivity index (χ1v) is 11.3. The zero-order valence-electron chi connectivity index (χ0n) is 17.7. The van der Waals surface area contributed by atoms with Crippen molar-refractivity contribution in [1.29, 1.82) is 0 Å². The predicted molar refractivity (Wildman–Crippen MR) is 127 cm³/mol. The van der Waals surface area contributed by atoms with Crippen molar-refractivity contribution in [3.05, 3.63) is 71.1 Å². The smallest absolute Gasteiger partial charge is 0.265 e. The molecule has 0 fully saturated rings. The average Bonchev–Trinajstić information content (AvgIpc) is 3.40. The minimum atomic E-state index is -0.250. The minimum absolute atomic E-state index is 0.131. The van der Waals surface area contributed by atoms with Gasteiger partial charge in [0.25, 0.3) is 5.56 Å². The molecular formula is C23H22N6O2S. The number of fused-ring (bicyclic) bond motifs is 2. The van der Waals surface area contributed by atoms with Crippen molar-refractivity contribution in [2.75, 3.05) is 30.1 Å². The second-order valence-electron chi connectivity index (χ2n) is 7.86. The molecule has 162 valence electrons. The van der Waals surface area contributed by atoms with Crippen LogP contribution in [0.3, 0.4) is 0 Å². The fraction of sp³-hybridized carbons (Fsp3) is 0.217. The number of thioether (sulfide) groups is 1. The summed E-state index contributed by atoms with van der Waals surface area (Å²) in [5.41, 5.74) is 3.01. The molecule has 3 heterocycles. The van der Waals surface area contributed by atoms with Crippen molar-refractivity contribution >= 4 is 40.1 Å². The quantitative estimate of drug-likeness (QED) is 0.474. The van der Waals surface area contributed by atoms with Crippen LogP contribution in [0.4, 0.5) is 11.4 Å². The molecule has 1 aliphatic rings. The van der Waals surface area contributed by atoms with E-state index in [1.165, 1.54) is 11.8 Å². The molecule has 0 saturated carbocycles. The van der Waals surface area contributed by atoms with Gasteiger partial charge in [-0.25, -0.2) is 9.67 Å². The van der Waals surface area contributed by atoms with Crippen LogP contribution in [0.5, 0.6) is 0 Å². The van der Waals surface area contributed by atoms with Crippen molar-refractivity contribution < 1.29 is 4.79 Å². The topological polar surface area (TPSA) is 85.1 Å². The molecule has 1 N–H and O–H groups in total. The van der Waals surface area contributed by atoms with Crippen LogP contribution >= 0.6 is 11.8 Å². The summed E-state index contributed by atoms with van der Waals surface area (Å²) in [6, 6.07) is 17.0. The van der Waals surface area contributed by atoms with E-state index < -0.39 is 0 Å². The Hall–Kier alpha value is -3.59. The second-order valence-corrected chi connectivity index (χ2v) is 8.84. The number of para-hydroxylation sites is 1. The highest BCUT2D eigenvalue weighted by Crippen LogP contribution is 2.33. The van der Waals surface area contributed by atoms with Gasteiger partial charge in [0.2, 0.25) is 5.91 Å². The summed E-state index contributed by atoms with van der Waals surface area (Å²) in [6.45, 7) is 0. The molecule has 4 aromatic rings. The number of hydrogen-bond acceptors (Lipinski definition) is 6. The van der Waals surface area contributed by atoms with Gasteiger partial charge in [-0.2, -0.15) is 5.10 Å². The van der Waals surface area contributed by atoms with Crippen molar-refractivity contribution in [1.82, 2.24) is 19.3 Å². The molecule has 0 spiro atoms. The first-order valence-electron chi connectivity index (χ1n) is 10.3. The highest BCUT2D eigenvalue weighted by Gasteiger charge is 2.29. The zero-order valence-corrected chi connectivity index (χ0v) is 18.5. The molecule has 8 nitrogen and oxygen atoms in total. The van der Waals surface area contributed by atoms with Gasteiger partial charge >= 0.3 is 0 Å². The number of amides is 1. The Morgan fingerprint density at radius 3 is 2.62 bits per heavy atom. The standard InChI is InChI=1S/C23H22N6O2S/c1-27(2)16-10-8-15(9-11-16)25-20(30)12-18-14-32-23-26-21-19(22(31)28(18)23)13-24-29(21)17-6-4-3-5-7-17/h3-11,13,18H,12,14H2,1-2H3,(H,25,30). The number of anilines is 2. The maximum absolute atomic E-state index is 13.2. The second kappa shape index (κ2) is 8.16. The lowest BCUT2D eigenvalue weighted by atomic mass is 10.2. The van der Waals surface area contributed by atoms with E-state index in [0.29, 0.717) is 21.9 Å². The predicted octanol–water partition coefficient (Wildman–Crippen LogP) is 3.32. The average molecular weight is 447 g/mol. The van der Waals surface area contributed by atoms with Crippen molar-refractivity contribution in [2.24, 2.45) is 0 Å². The summed E-state index contributed by atoms with van der Waals surface area (Å²) in [4.78, 5) is 32.6. The van der Waals surface area contributed by atoms with E-state index in [-0.39, 0.29) is 23.9 Å². The van der Waals surface area contributed by atoms with Gasteiger partial charge in [-0.1, -0.05) is 30.0 Å². The molecule has 0 aliphatic carbocycles. The lowest BCUT2D eigenvalue weighted by Gasteiger charge is -2.15. The summed E-state index contributed by atoms with van der Waals surface area (Å²) < 4.78 is 3.31. The van der Waals surface area contributed by atoms with Crippen LogP contribution in [-0.2, 0) is 4.79 Å². The Morgan fingerprint density at radius 1 is 1.16 bits per heavy atom. The fourth-order valence-corrected chi connectivity index (χ4v) is 4.94. The third-order valence-electron chi connectivity index (χ3n) is 5.46. The first kappa shape index (κ1) is 20.3. The lowest BCUT2D eigenvalue weighted by molar-refractivity contribution is -0.116. The molecule has 1 aliphatic heterocycles. The number of nitrogens with one attached hydrogen (secondary N) is 1. The van der Waals surface area contributed by atoms with Crippen LogP contribution < -0.4 is 15.8 Å². The SMILES string of the molecule is CN(C)c1ccc(NC(=O)CC2CSc3nc4c(cnn4-c4ccccc4)c(=O)n32)cc1. The molecule has 0 bridgehead atoms. The largest absolute Gasteiger partial charge is 0.378 e. The monoisotopic (exact) mass is 446 g/mol. The summed E-state index contributed by atoms with van der Waals surface area (Å²) in [5.74, 6) is 0.494. The van der Waals surface area contributed by atoms with Crippen LogP contribution in [0, 0.1) is 0 Å². The van der Waals surface area contributed by atoms with Gasteiger partial charge in [-0.05, 0) is 36.4 Å². The molecule has 0 saturated heterocycles. The van der Waals surface area contributed by atoms with Crippen molar-refractivity contribution in [2.45, 2.75) is 17.6 Å². The molecule has 1 unspecified atom stereocenters. The summed E-state index contributed by atoms with van der Waals surface area (Å²) >= 11 is 1.49. The van der Waals surface area contributed by atoms with Crippen molar-refractivity contribution in [3.8, 4) is 5.69 Å². The molecule has 0 radical (unpaired) electrons. The van der Waals surface area contributed by atoms with Gasteiger partial charge in [0.15, 0.2) is 10.8 Å². The number of hydrogen-bond donors (Lipinski definition) is 1. The van der Waals surface area contributed by atoms with Crippen LogP contribution in [0.2, 0.25) is 0 Å². The number of rotatable bonds is 5. The van der Waals surface area contributed by atoms with Gasteiger partial charge in [0.05, 0.1) is 17.9 Å². The Morgan fingerprint density at radius 2 is 1.91 bits per heavy atom. The number of carbonyl (C=O) groups excluding carboxylic acids is 1.